The van der Waals surface area contributed by atoms with Crippen molar-refractivity contribution in [2.45, 2.75) is 0 Å². The Morgan fingerprint density at radius 3 is 3.00 bits per heavy atom. The molecule has 6 heteroatoms. The van der Waals surface area contributed by atoms with E-state index in [9.17, 15) is 4.79 Å². The van der Waals surface area contributed by atoms with Gasteiger partial charge in [0, 0.05) is 7.05 Å². The van der Waals surface area contributed by atoms with E-state index in [1.165, 1.54) is 10.6 Å². The third-order valence-electron chi connectivity index (χ3n) is 2.04. The van der Waals surface area contributed by atoms with Gasteiger partial charge in [-0.2, -0.15) is 4.98 Å². The van der Waals surface area contributed by atoms with E-state index in [-0.39, 0.29) is 17.0 Å². The highest BCUT2D eigenvalue weighted by atomic mass is 16.1. The summed E-state index contributed by atoms with van der Waals surface area (Å²) in [6.07, 6.45) is 0. The van der Waals surface area contributed by atoms with Crippen LogP contribution >= 0.6 is 0 Å². The summed E-state index contributed by atoms with van der Waals surface area (Å²) >= 11 is 0. The Balaban J connectivity index is 3.10. The highest BCUT2D eigenvalue weighted by molar-refractivity contribution is 5.74. The maximum Gasteiger partial charge on any atom is 0.261 e. The topological polar surface area (TPSA) is 101 Å². The van der Waals surface area contributed by atoms with Crippen molar-refractivity contribution in [3.8, 4) is 0 Å². The number of aromatic nitrogens is 3. The number of nitrogen functional groups attached to an aromatic ring is 1. The molecular weight excluding hydrogens is 182 g/mol. The largest absolute Gasteiger partial charge is 0.369 e. The lowest BCUT2D eigenvalue weighted by Gasteiger charge is -2.03. The molecule has 2 heterocycles. The summed E-state index contributed by atoms with van der Waals surface area (Å²) in [7, 11) is 1.66. The number of fused-ring (bicyclic) bond motifs is 1. The van der Waals surface area contributed by atoms with Crippen molar-refractivity contribution in [3.05, 3.63) is 28.0 Å². The van der Waals surface area contributed by atoms with Gasteiger partial charge in [0.1, 0.15) is 5.49 Å². The Morgan fingerprint density at radius 1 is 1.57 bits per heavy atom. The van der Waals surface area contributed by atoms with Crippen LogP contribution in [0.5, 0.6) is 0 Å². The molecular formula is C8H9N5O. The lowest BCUT2D eigenvalue weighted by atomic mass is 10.3. The molecule has 0 unspecified atom stereocenters. The predicted octanol–water partition coefficient (Wildman–Crippen LogP) is -0.677. The van der Waals surface area contributed by atoms with E-state index in [0.29, 0.717) is 11.0 Å². The van der Waals surface area contributed by atoms with Gasteiger partial charge in [-0.3, -0.25) is 15.2 Å². The van der Waals surface area contributed by atoms with E-state index in [0.717, 1.165) is 0 Å². The van der Waals surface area contributed by atoms with Crippen molar-refractivity contribution >= 4 is 17.0 Å². The highest BCUT2D eigenvalue weighted by Crippen LogP contribution is 2.02. The highest BCUT2D eigenvalue weighted by Gasteiger charge is 2.03. The molecule has 0 amide bonds. The smallest absolute Gasteiger partial charge is 0.261 e. The minimum absolute atomic E-state index is 0.0590. The number of pyridine rings is 1. The summed E-state index contributed by atoms with van der Waals surface area (Å²) in [5.41, 5.74) is 5.80. The molecule has 2 rings (SSSR count). The SMILES string of the molecule is Cn1c(=N)ccc2c(=O)[nH]c(N)nc21. The van der Waals surface area contributed by atoms with E-state index in [2.05, 4.69) is 9.97 Å². The van der Waals surface area contributed by atoms with Crippen LogP contribution in [0.25, 0.3) is 11.0 Å². The zero-order valence-electron chi connectivity index (χ0n) is 7.53. The number of hydrogen-bond acceptors (Lipinski definition) is 4. The zero-order valence-corrected chi connectivity index (χ0v) is 7.53. The fourth-order valence-corrected chi connectivity index (χ4v) is 1.28. The number of rotatable bonds is 0. The zero-order chi connectivity index (χ0) is 10.3. The van der Waals surface area contributed by atoms with Crippen LogP contribution in [0.1, 0.15) is 0 Å². The molecule has 0 saturated heterocycles. The van der Waals surface area contributed by atoms with Crippen LogP contribution in [-0.4, -0.2) is 14.5 Å². The maximum absolute atomic E-state index is 11.4. The van der Waals surface area contributed by atoms with E-state index in [1.54, 1.807) is 13.1 Å². The Morgan fingerprint density at radius 2 is 2.29 bits per heavy atom. The molecule has 0 aromatic carbocycles. The first-order valence-electron chi connectivity index (χ1n) is 4.00. The Kier molecular flexibility index (Phi) is 1.63. The van der Waals surface area contributed by atoms with Crippen LogP contribution in [0.4, 0.5) is 5.95 Å². The second kappa shape index (κ2) is 2.69. The molecule has 2 aromatic heterocycles. The minimum Gasteiger partial charge on any atom is -0.369 e. The summed E-state index contributed by atoms with van der Waals surface area (Å²) in [6.45, 7) is 0. The number of nitrogens with zero attached hydrogens (tertiary/aromatic N) is 2. The Bertz CT molecular complexity index is 609. The van der Waals surface area contributed by atoms with Crippen LogP contribution in [0.3, 0.4) is 0 Å². The van der Waals surface area contributed by atoms with Crippen LogP contribution in [0.15, 0.2) is 16.9 Å². The first kappa shape index (κ1) is 8.49. The molecule has 0 saturated carbocycles. The molecule has 0 aliphatic carbocycles. The summed E-state index contributed by atoms with van der Waals surface area (Å²) in [5, 5.41) is 7.94. The molecule has 0 radical (unpaired) electrons. The molecule has 0 spiro atoms. The molecule has 0 aliphatic heterocycles. The van der Waals surface area contributed by atoms with Crippen LogP contribution in [0.2, 0.25) is 0 Å². The van der Waals surface area contributed by atoms with Gasteiger partial charge >= 0.3 is 0 Å². The Hall–Kier alpha value is -2.11. The number of hydrogen-bond donors (Lipinski definition) is 3. The number of nitrogens with two attached hydrogens (primary N) is 1. The third kappa shape index (κ3) is 1.08. The van der Waals surface area contributed by atoms with Crippen LogP contribution in [-0.2, 0) is 7.05 Å². The van der Waals surface area contributed by atoms with Crippen molar-refractivity contribution in [3.63, 3.8) is 0 Å². The first-order chi connectivity index (χ1) is 6.59. The second-order valence-electron chi connectivity index (χ2n) is 2.97. The first-order valence-corrected chi connectivity index (χ1v) is 4.00. The van der Waals surface area contributed by atoms with Crippen molar-refractivity contribution in [2.24, 2.45) is 7.05 Å². The maximum atomic E-state index is 11.4. The fraction of sp³-hybridized carbons (Fsp3) is 0.125. The van der Waals surface area contributed by atoms with E-state index in [4.69, 9.17) is 11.1 Å². The number of nitrogens with one attached hydrogen (secondary N) is 2. The van der Waals surface area contributed by atoms with Gasteiger partial charge in [0.15, 0.2) is 5.65 Å². The summed E-state index contributed by atoms with van der Waals surface area (Å²) in [4.78, 5) is 17.8. The standard InChI is InChI=1S/C8H9N5O/c1-13-5(9)3-2-4-6(13)11-8(10)12-7(4)14/h2-3,9H,1H3,(H3,10,11,12,14). The normalized spacial score (nSPS) is 10.6. The molecule has 14 heavy (non-hydrogen) atoms. The molecule has 72 valence electrons. The summed E-state index contributed by atoms with van der Waals surface area (Å²) in [5.74, 6) is 0.0590. The van der Waals surface area contributed by atoms with Crippen molar-refractivity contribution in [2.75, 3.05) is 5.73 Å². The second-order valence-corrected chi connectivity index (χ2v) is 2.97. The molecule has 0 fully saturated rings. The van der Waals surface area contributed by atoms with Gasteiger partial charge in [-0.1, -0.05) is 0 Å². The van der Waals surface area contributed by atoms with Crippen molar-refractivity contribution < 1.29 is 0 Å². The van der Waals surface area contributed by atoms with Gasteiger partial charge in [-0.15, -0.1) is 0 Å². The summed E-state index contributed by atoms with van der Waals surface area (Å²) < 4.78 is 1.50. The van der Waals surface area contributed by atoms with E-state index < -0.39 is 0 Å². The quantitative estimate of drug-likeness (QED) is 0.514. The number of anilines is 1. The van der Waals surface area contributed by atoms with Crippen LogP contribution in [0, 0.1) is 5.41 Å². The lowest BCUT2D eigenvalue weighted by Crippen LogP contribution is -2.21. The molecule has 2 aromatic rings. The van der Waals surface area contributed by atoms with Gasteiger partial charge in [-0.25, -0.2) is 0 Å². The molecule has 6 nitrogen and oxygen atoms in total. The Labute approximate surface area is 78.5 Å². The monoisotopic (exact) mass is 191 g/mol. The van der Waals surface area contributed by atoms with Gasteiger partial charge < -0.3 is 10.3 Å². The molecule has 0 aliphatic rings. The van der Waals surface area contributed by atoms with Gasteiger partial charge in [-0.05, 0) is 12.1 Å². The molecule has 0 bridgehead atoms. The van der Waals surface area contributed by atoms with Crippen LogP contribution < -0.4 is 16.8 Å². The summed E-state index contributed by atoms with van der Waals surface area (Å²) in [6, 6.07) is 3.10. The number of aromatic amines is 1. The molecule has 4 N–H and O–H groups in total. The van der Waals surface area contributed by atoms with Gasteiger partial charge in [0.25, 0.3) is 5.56 Å². The van der Waals surface area contributed by atoms with Gasteiger partial charge in [0.2, 0.25) is 5.95 Å². The van der Waals surface area contributed by atoms with Crippen molar-refractivity contribution in [1.82, 2.24) is 14.5 Å². The van der Waals surface area contributed by atoms with E-state index in [1.807, 2.05) is 0 Å². The average Bonchev–Trinajstić information content (AvgIpc) is 2.12. The average molecular weight is 191 g/mol. The minimum atomic E-state index is -0.289. The van der Waals surface area contributed by atoms with E-state index >= 15 is 0 Å². The van der Waals surface area contributed by atoms with Gasteiger partial charge in [0.05, 0.1) is 5.39 Å². The molecule has 0 atom stereocenters. The predicted molar refractivity (Wildman–Crippen MR) is 51.6 cm³/mol. The third-order valence-corrected chi connectivity index (χ3v) is 2.04. The number of H-pyrrole nitrogens is 1. The fourth-order valence-electron chi connectivity index (χ4n) is 1.28. The number of aryl methyl sites for hydroxylation is 1. The lowest BCUT2D eigenvalue weighted by molar-refractivity contribution is 0.839. The van der Waals surface area contributed by atoms with Crippen molar-refractivity contribution in [1.29, 1.82) is 5.41 Å².